The molecule has 0 bridgehead atoms. The number of carbonyl (C=O) groups is 2. The van der Waals surface area contributed by atoms with Crippen molar-refractivity contribution in [1.29, 1.82) is 0 Å². The third-order valence-electron chi connectivity index (χ3n) is 10.8. The lowest BCUT2D eigenvalue weighted by Gasteiger charge is -2.61. The summed E-state index contributed by atoms with van der Waals surface area (Å²) in [6.07, 6.45) is 10.4. The van der Waals surface area contributed by atoms with Crippen molar-refractivity contribution in [2.75, 3.05) is 0 Å². The van der Waals surface area contributed by atoms with Crippen LogP contribution in [0.3, 0.4) is 0 Å². The number of esters is 2. The topological polar surface area (TPSA) is 78.6 Å². The largest absolute Gasteiger partial charge is 0.459 e. The third-order valence-corrected chi connectivity index (χ3v) is 10.8. The molecule has 29 heavy (non-hydrogen) atoms. The van der Waals surface area contributed by atoms with Gasteiger partial charge < -0.3 is 15.2 Å². The molecule has 4 aliphatic carbocycles. The van der Waals surface area contributed by atoms with Crippen molar-refractivity contribution in [1.82, 2.24) is 0 Å². The highest BCUT2D eigenvalue weighted by molar-refractivity contribution is 5.89. The second-order valence-corrected chi connectivity index (χ2v) is 11.8. The van der Waals surface area contributed by atoms with Gasteiger partial charge in [-0.05, 0) is 85.9 Å². The lowest BCUT2D eigenvalue weighted by atomic mass is 9.44. The Kier molecular flexibility index (Phi) is 3.71. The van der Waals surface area contributed by atoms with Gasteiger partial charge >= 0.3 is 11.9 Å². The first kappa shape index (κ1) is 18.7. The monoisotopic (exact) mass is 401 g/mol. The van der Waals surface area contributed by atoms with Gasteiger partial charge in [-0.1, -0.05) is 13.8 Å². The summed E-state index contributed by atoms with van der Waals surface area (Å²) in [4.78, 5) is 24.8. The Balaban J connectivity index is 1.34. The highest BCUT2D eigenvalue weighted by Gasteiger charge is 2.74. The number of fused-ring (bicyclic) bond motifs is 8. The molecule has 2 saturated heterocycles. The van der Waals surface area contributed by atoms with Crippen LogP contribution in [0.15, 0.2) is 0 Å². The van der Waals surface area contributed by atoms with E-state index in [2.05, 4.69) is 13.8 Å². The summed E-state index contributed by atoms with van der Waals surface area (Å²) < 4.78 is 11.7. The van der Waals surface area contributed by atoms with Gasteiger partial charge in [0, 0.05) is 18.9 Å². The molecule has 6 rings (SSSR count). The first-order valence-electron chi connectivity index (χ1n) is 12.0. The first-order chi connectivity index (χ1) is 13.8. The van der Waals surface area contributed by atoms with Crippen molar-refractivity contribution in [2.45, 2.75) is 95.8 Å². The number of carbonyl (C=O) groups excluding carboxylic acids is 2. The van der Waals surface area contributed by atoms with Crippen LogP contribution < -0.4 is 5.73 Å². The summed E-state index contributed by atoms with van der Waals surface area (Å²) in [6.45, 7) is 4.94. The average molecular weight is 402 g/mol. The fourth-order valence-corrected chi connectivity index (χ4v) is 9.55. The van der Waals surface area contributed by atoms with Crippen LogP contribution in [0.5, 0.6) is 0 Å². The summed E-state index contributed by atoms with van der Waals surface area (Å²) >= 11 is 0. The second-order valence-electron chi connectivity index (χ2n) is 11.8. The van der Waals surface area contributed by atoms with Gasteiger partial charge in [-0.25, -0.2) is 4.79 Å². The molecule has 0 aromatic heterocycles. The van der Waals surface area contributed by atoms with E-state index in [4.69, 9.17) is 15.2 Å². The molecule has 1 spiro atoms. The minimum atomic E-state index is -0.989. The molecule has 2 heterocycles. The van der Waals surface area contributed by atoms with E-state index in [0.29, 0.717) is 36.1 Å². The SMILES string of the molecule is CC12CCC(N)CC1CCC1C2CCC2(C)C1CC1OC(=O)C3(CCC(=O)O3)C12. The molecule has 5 heteroatoms. The van der Waals surface area contributed by atoms with Gasteiger partial charge in [0.25, 0.3) is 0 Å². The number of rotatable bonds is 0. The molecule has 4 saturated carbocycles. The van der Waals surface area contributed by atoms with E-state index in [-0.39, 0.29) is 29.4 Å². The fraction of sp³-hybridized carbons (Fsp3) is 0.917. The Morgan fingerprint density at radius 3 is 2.48 bits per heavy atom. The van der Waals surface area contributed by atoms with Crippen LogP contribution in [-0.2, 0) is 19.1 Å². The standard InChI is InChI=1S/C24H35NO4/c1-22-8-5-14(25)11-13(22)3-4-15-16(22)6-9-23(2)17(15)12-18-20(23)24(21(27)28-18)10-7-19(26)29-24/h13-18,20H,3-12,25H2,1-2H3. The van der Waals surface area contributed by atoms with Gasteiger partial charge in [0.1, 0.15) is 6.10 Å². The van der Waals surface area contributed by atoms with Crippen LogP contribution >= 0.6 is 0 Å². The van der Waals surface area contributed by atoms with Crippen molar-refractivity contribution in [2.24, 2.45) is 46.2 Å². The molecule has 2 aliphatic heterocycles. The predicted molar refractivity (Wildman–Crippen MR) is 107 cm³/mol. The number of hydrogen-bond donors (Lipinski definition) is 1. The maximum Gasteiger partial charge on any atom is 0.351 e. The average Bonchev–Trinajstić information content (AvgIpc) is 3.28. The molecule has 6 aliphatic rings. The van der Waals surface area contributed by atoms with Gasteiger partial charge in [0.2, 0.25) is 5.60 Å². The van der Waals surface area contributed by atoms with Crippen LogP contribution in [0.2, 0.25) is 0 Å². The minimum absolute atomic E-state index is 0.0386. The zero-order chi connectivity index (χ0) is 20.2. The summed E-state index contributed by atoms with van der Waals surface area (Å²) in [5.74, 6) is 2.38. The van der Waals surface area contributed by atoms with E-state index in [1.165, 1.54) is 38.5 Å². The minimum Gasteiger partial charge on any atom is -0.459 e. The third kappa shape index (κ3) is 2.21. The summed E-state index contributed by atoms with van der Waals surface area (Å²) in [6, 6.07) is 0.389. The van der Waals surface area contributed by atoms with Crippen molar-refractivity contribution in [3.8, 4) is 0 Å². The Morgan fingerprint density at radius 2 is 1.72 bits per heavy atom. The Hall–Kier alpha value is -1.10. The van der Waals surface area contributed by atoms with Gasteiger partial charge in [-0.3, -0.25) is 4.79 Å². The van der Waals surface area contributed by atoms with E-state index in [1.54, 1.807) is 0 Å². The number of nitrogens with two attached hydrogens (primary N) is 1. The summed E-state index contributed by atoms with van der Waals surface area (Å²) in [5, 5.41) is 0. The molecule has 6 fully saturated rings. The van der Waals surface area contributed by atoms with Gasteiger partial charge in [0.15, 0.2) is 0 Å². The first-order valence-corrected chi connectivity index (χ1v) is 12.0. The van der Waals surface area contributed by atoms with Crippen molar-refractivity contribution < 1.29 is 19.1 Å². The lowest BCUT2D eigenvalue weighted by molar-refractivity contribution is -0.175. The smallest absolute Gasteiger partial charge is 0.351 e. The molecular formula is C24H35NO4. The van der Waals surface area contributed by atoms with Crippen LogP contribution in [0, 0.1) is 40.4 Å². The Bertz CT molecular complexity index is 768. The zero-order valence-corrected chi connectivity index (χ0v) is 17.8. The summed E-state index contributed by atoms with van der Waals surface area (Å²) in [5.41, 5.74) is 5.81. The van der Waals surface area contributed by atoms with Crippen molar-refractivity contribution in [3.05, 3.63) is 0 Å². The molecule has 160 valence electrons. The highest BCUT2D eigenvalue weighted by Crippen LogP contribution is 2.71. The molecule has 0 amide bonds. The molecule has 10 unspecified atom stereocenters. The maximum atomic E-state index is 12.8. The Morgan fingerprint density at radius 1 is 0.931 bits per heavy atom. The van der Waals surface area contributed by atoms with Crippen molar-refractivity contribution in [3.63, 3.8) is 0 Å². The van der Waals surface area contributed by atoms with E-state index in [9.17, 15) is 9.59 Å². The fourth-order valence-electron chi connectivity index (χ4n) is 9.55. The molecule has 0 aromatic rings. The summed E-state index contributed by atoms with van der Waals surface area (Å²) in [7, 11) is 0. The van der Waals surface area contributed by atoms with Crippen LogP contribution in [0.25, 0.3) is 0 Å². The van der Waals surface area contributed by atoms with E-state index >= 15 is 0 Å². The van der Waals surface area contributed by atoms with Gasteiger partial charge in [-0.2, -0.15) is 0 Å². The lowest BCUT2D eigenvalue weighted by Crippen LogP contribution is -2.56. The second kappa shape index (κ2) is 5.77. The maximum absolute atomic E-state index is 12.8. The van der Waals surface area contributed by atoms with E-state index < -0.39 is 5.60 Å². The quantitative estimate of drug-likeness (QED) is 0.628. The van der Waals surface area contributed by atoms with Crippen LogP contribution in [0.4, 0.5) is 0 Å². The molecule has 5 nitrogen and oxygen atoms in total. The molecular weight excluding hydrogens is 366 g/mol. The molecule has 10 atom stereocenters. The predicted octanol–water partition coefficient (Wildman–Crippen LogP) is 3.58. The van der Waals surface area contributed by atoms with Crippen LogP contribution in [-0.4, -0.2) is 29.7 Å². The van der Waals surface area contributed by atoms with Crippen molar-refractivity contribution >= 4 is 11.9 Å². The molecule has 2 N–H and O–H groups in total. The number of ether oxygens (including phenoxy) is 2. The van der Waals surface area contributed by atoms with E-state index in [1.807, 2.05) is 0 Å². The van der Waals surface area contributed by atoms with Gasteiger partial charge in [-0.15, -0.1) is 0 Å². The highest BCUT2D eigenvalue weighted by atomic mass is 16.6. The normalized spacial score (nSPS) is 58.2. The number of hydrogen-bond acceptors (Lipinski definition) is 5. The molecule has 0 radical (unpaired) electrons. The Labute approximate surface area is 173 Å². The van der Waals surface area contributed by atoms with Gasteiger partial charge in [0.05, 0.1) is 5.92 Å². The van der Waals surface area contributed by atoms with Crippen LogP contribution in [0.1, 0.15) is 78.1 Å². The zero-order valence-electron chi connectivity index (χ0n) is 17.8. The molecule has 0 aromatic carbocycles. The van der Waals surface area contributed by atoms with E-state index in [0.717, 1.165) is 24.7 Å².